The Hall–Kier alpha value is -3.60. The summed E-state index contributed by atoms with van der Waals surface area (Å²) >= 11 is 0. The minimum Gasteiger partial charge on any atom is -0.481 e. The molecule has 2 atom stereocenters. The van der Waals surface area contributed by atoms with Crippen LogP contribution in [0, 0.1) is 11.3 Å². The van der Waals surface area contributed by atoms with Crippen molar-refractivity contribution in [2.45, 2.75) is 31.2 Å². The van der Waals surface area contributed by atoms with Crippen molar-refractivity contribution in [3.05, 3.63) is 52.6 Å². The van der Waals surface area contributed by atoms with Gasteiger partial charge in [-0.05, 0) is 48.2 Å². The number of benzene rings is 1. The second-order valence-electron chi connectivity index (χ2n) is 7.11. The maximum Gasteiger partial charge on any atom is 0.407 e. The van der Waals surface area contributed by atoms with Crippen LogP contribution in [0.25, 0.3) is 0 Å². The Morgan fingerprint density at radius 2 is 2.28 bits per heavy atom. The molecule has 1 aromatic heterocycles. The van der Waals surface area contributed by atoms with Crippen LogP contribution in [0.3, 0.4) is 0 Å². The number of amides is 2. The van der Waals surface area contributed by atoms with E-state index in [-0.39, 0.29) is 17.9 Å². The van der Waals surface area contributed by atoms with Gasteiger partial charge in [0, 0.05) is 12.0 Å². The molecule has 0 radical (unpaired) electrons. The predicted octanol–water partition coefficient (Wildman–Crippen LogP) is 2.28. The van der Waals surface area contributed by atoms with E-state index in [0.717, 1.165) is 23.1 Å². The van der Waals surface area contributed by atoms with E-state index in [1.807, 2.05) is 18.2 Å². The first kappa shape index (κ1) is 18.7. The van der Waals surface area contributed by atoms with Gasteiger partial charge in [0.25, 0.3) is 0 Å². The summed E-state index contributed by atoms with van der Waals surface area (Å²) in [7, 11) is 1.52. The van der Waals surface area contributed by atoms with Gasteiger partial charge in [0.15, 0.2) is 0 Å². The Balaban J connectivity index is 1.47. The van der Waals surface area contributed by atoms with Gasteiger partial charge in [-0.1, -0.05) is 6.07 Å². The number of methoxy groups -OCH3 is 1. The van der Waals surface area contributed by atoms with Crippen LogP contribution in [0.1, 0.15) is 34.6 Å². The zero-order valence-electron chi connectivity index (χ0n) is 15.9. The van der Waals surface area contributed by atoms with Crippen LogP contribution in [-0.2, 0) is 22.4 Å². The predicted molar refractivity (Wildman–Crippen MR) is 104 cm³/mol. The number of aryl methyl sites for hydroxylation is 1. The molecule has 148 valence electrons. The quantitative estimate of drug-likeness (QED) is 0.807. The summed E-state index contributed by atoms with van der Waals surface area (Å²) in [5, 5.41) is 14.6. The van der Waals surface area contributed by atoms with E-state index in [2.05, 4.69) is 21.7 Å². The summed E-state index contributed by atoms with van der Waals surface area (Å²) in [6.45, 7) is 0.301. The maximum atomic E-state index is 12.8. The van der Waals surface area contributed by atoms with Crippen LogP contribution in [0.4, 0.5) is 10.6 Å². The number of fused-ring (bicyclic) bond motifs is 1. The third-order valence-corrected chi connectivity index (χ3v) is 5.25. The van der Waals surface area contributed by atoms with Crippen molar-refractivity contribution in [1.29, 1.82) is 5.26 Å². The summed E-state index contributed by atoms with van der Waals surface area (Å²) in [6, 6.07) is 11.0. The minimum atomic E-state index is -0.426. The molecule has 1 aliphatic heterocycles. The maximum absolute atomic E-state index is 12.8. The summed E-state index contributed by atoms with van der Waals surface area (Å²) in [4.78, 5) is 28.4. The third kappa shape index (κ3) is 3.85. The highest BCUT2D eigenvalue weighted by Crippen LogP contribution is 2.34. The van der Waals surface area contributed by atoms with Crippen molar-refractivity contribution in [3.63, 3.8) is 0 Å². The van der Waals surface area contributed by atoms with Gasteiger partial charge < -0.3 is 20.1 Å². The van der Waals surface area contributed by atoms with Crippen molar-refractivity contribution in [2.24, 2.45) is 0 Å². The van der Waals surface area contributed by atoms with Crippen molar-refractivity contribution in [2.75, 3.05) is 19.0 Å². The molecular weight excluding hydrogens is 372 g/mol. The molecule has 2 unspecified atom stereocenters. The smallest absolute Gasteiger partial charge is 0.407 e. The van der Waals surface area contributed by atoms with Gasteiger partial charge in [-0.15, -0.1) is 0 Å². The van der Waals surface area contributed by atoms with Crippen molar-refractivity contribution >= 4 is 17.8 Å². The number of nitrogens with one attached hydrogen (secondary N) is 2. The van der Waals surface area contributed by atoms with Gasteiger partial charge in [0.2, 0.25) is 11.8 Å². The Kier molecular flexibility index (Phi) is 5.04. The van der Waals surface area contributed by atoms with Crippen LogP contribution in [0.15, 0.2) is 30.3 Å². The molecule has 2 aliphatic rings. The normalized spacial score (nSPS) is 19.7. The second kappa shape index (κ2) is 7.80. The van der Waals surface area contributed by atoms with E-state index in [4.69, 9.17) is 14.7 Å². The van der Waals surface area contributed by atoms with Gasteiger partial charge in [-0.3, -0.25) is 4.79 Å². The summed E-state index contributed by atoms with van der Waals surface area (Å²) in [5.41, 5.74) is 3.43. The average Bonchev–Trinajstić information content (AvgIpc) is 3.34. The fourth-order valence-corrected chi connectivity index (χ4v) is 3.85. The molecule has 8 nitrogen and oxygen atoms in total. The third-order valence-electron chi connectivity index (χ3n) is 5.25. The number of alkyl carbamates (subject to hydrolysis) is 1. The molecule has 1 aromatic carbocycles. The Labute approximate surface area is 167 Å². The Morgan fingerprint density at radius 1 is 1.41 bits per heavy atom. The van der Waals surface area contributed by atoms with Crippen molar-refractivity contribution < 1.29 is 19.1 Å². The largest absolute Gasteiger partial charge is 0.481 e. The number of anilines is 1. The average molecular weight is 392 g/mol. The molecule has 2 amide bonds. The highest BCUT2D eigenvalue weighted by Gasteiger charge is 2.29. The molecule has 1 saturated heterocycles. The van der Waals surface area contributed by atoms with E-state index in [0.29, 0.717) is 36.7 Å². The molecule has 1 aliphatic carbocycles. The van der Waals surface area contributed by atoms with Crippen LogP contribution >= 0.6 is 0 Å². The highest BCUT2D eigenvalue weighted by molar-refractivity contribution is 5.96. The molecule has 1 fully saturated rings. The zero-order chi connectivity index (χ0) is 20.4. The first-order chi connectivity index (χ1) is 14.1. The number of cyclic esters (lactones) is 1. The topological polar surface area (TPSA) is 113 Å². The number of carbonyl (C=O) groups is 2. The SMILES string of the molecule is COc1nc(NC(=O)C2CCc3cc(C#N)ccc32)ccc1CC1COC(=O)N1. The van der Waals surface area contributed by atoms with E-state index < -0.39 is 6.09 Å². The fourth-order valence-electron chi connectivity index (χ4n) is 3.85. The number of carbonyl (C=O) groups excluding carboxylic acids is 2. The van der Waals surface area contributed by atoms with E-state index >= 15 is 0 Å². The van der Waals surface area contributed by atoms with Crippen LogP contribution < -0.4 is 15.4 Å². The summed E-state index contributed by atoms with van der Waals surface area (Å²) in [6.07, 6.45) is 1.57. The molecule has 2 heterocycles. The lowest BCUT2D eigenvalue weighted by Crippen LogP contribution is -2.28. The number of hydrogen-bond acceptors (Lipinski definition) is 6. The van der Waals surface area contributed by atoms with Crippen molar-refractivity contribution in [3.8, 4) is 11.9 Å². The lowest BCUT2D eigenvalue weighted by Gasteiger charge is -2.15. The molecular formula is C21H20N4O4. The first-order valence-corrected chi connectivity index (χ1v) is 9.38. The highest BCUT2D eigenvalue weighted by atomic mass is 16.6. The van der Waals surface area contributed by atoms with Gasteiger partial charge in [-0.25, -0.2) is 4.79 Å². The number of ether oxygens (including phenoxy) is 2. The number of pyridine rings is 1. The Morgan fingerprint density at radius 3 is 3.00 bits per heavy atom. The summed E-state index contributed by atoms with van der Waals surface area (Å²) in [5.74, 6) is 0.405. The molecule has 0 saturated carbocycles. The lowest BCUT2D eigenvalue weighted by atomic mass is 9.99. The number of hydrogen-bond donors (Lipinski definition) is 2. The van der Waals surface area contributed by atoms with Crippen LogP contribution in [0.5, 0.6) is 5.88 Å². The molecule has 29 heavy (non-hydrogen) atoms. The molecule has 8 heteroatoms. The van der Waals surface area contributed by atoms with Crippen molar-refractivity contribution in [1.82, 2.24) is 10.3 Å². The van der Waals surface area contributed by atoms with E-state index in [1.54, 1.807) is 12.1 Å². The molecule has 4 rings (SSSR count). The summed E-state index contributed by atoms with van der Waals surface area (Å²) < 4.78 is 10.3. The standard InChI is InChI=1S/C21H20N4O4/c1-28-20-14(9-15-11-29-21(27)23-15)4-7-18(25-20)24-19(26)17-6-3-13-8-12(10-22)2-5-16(13)17/h2,4-5,7-8,15,17H,3,6,9,11H2,1H3,(H,23,27)(H,24,25,26). The molecule has 2 aromatic rings. The number of aromatic nitrogens is 1. The van der Waals surface area contributed by atoms with E-state index in [9.17, 15) is 9.59 Å². The second-order valence-corrected chi connectivity index (χ2v) is 7.11. The van der Waals surface area contributed by atoms with Gasteiger partial charge in [0.05, 0.1) is 30.7 Å². The number of nitrogens with zero attached hydrogens (tertiary/aromatic N) is 2. The molecule has 0 spiro atoms. The van der Waals surface area contributed by atoms with Crippen LogP contribution in [0.2, 0.25) is 0 Å². The first-order valence-electron chi connectivity index (χ1n) is 9.38. The van der Waals surface area contributed by atoms with Gasteiger partial charge >= 0.3 is 6.09 Å². The fraction of sp³-hybridized carbons (Fsp3) is 0.333. The molecule has 0 bridgehead atoms. The monoisotopic (exact) mass is 392 g/mol. The van der Waals surface area contributed by atoms with Gasteiger partial charge in [0.1, 0.15) is 12.4 Å². The Bertz CT molecular complexity index is 1010. The number of rotatable bonds is 5. The van der Waals surface area contributed by atoms with Gasteiger partial charge in [-0.2, -0.15) is 10.2 Å². The van der Waals surface area contributed by atoms with E-state index in [1.165, 1.54) is 7.11 Å². The van der Waals surface area contributed by atoms with Crippen LogP contribution in [-0.4, -0.2) is 36.7 Å². The minimum absolute atomic E-state index is 0.132. The lowest BCUT2D eigenvalue weighted by molar-refractivity contribution is -0.117. The zero-order valence-corrected chi connectivity index (χ0v) is 15.9. The molecule has 2 N–H and O–H groups in total. The number of nitriles is 1.